The first kappa shape index (κ1) is 13.7. The largest absolute Gasteiger partial charge is 0.377 e. The fourth-order valence-electron chi connectivity index (χ4n) is 2.93. The fraction of sp³-hybridized carbons (Fsp3) is 0.929. The van der Waals surface area contributed by atoms with Crippen LogP contribution in [0.5, 0.6) is 0 Å². The predicted octanol–water partition coefficient (Wildman–Crippen LogP) is 1.66. The van der Waals surface area contributed by atoms with E-state index in [1.807, 2.05) is 11.8 Å². The fourth-order valence-corrected chi connectivity index (χ4v) is 4.00. The second-order valence-electron chi connectivity index (χ2n) is 6.38. The van der Waals surface area contributed by atoms with E-state index in [9.17, 15) is 0 Å². The van der Waals surface area contributed by atoms with Gasteiger partial charge in [-0.1, -0.05) is 11.8 Å². The average molecular weight is 283 g/mol. The van der Waals surface area contributed by atoms with Crippen molar-refractivity contribution in [3.05, 3.63) is 0 Å². The van der Waals surface area contributed by atoms with Gasteiger partial charge in [0, 0.05) is 44.1 Å². The molecular weight excluding hydrogens is 258 g/mol. The zero-order valence-electron chi connectivity index (χ0n) is 12.1. The molecule has 0 aromatic heterocycles. The molecule has 108 valence electrons. The molecule has 0 bridgehead atoms. The summed E-state index contributed by atoms with van der Waals surface area (Å²) in [5.74, 6) is 0. The second-order valence-corrected chi connectivity index (χ2v) is 8.06. The van der Waals surface area contributed by atoms with E-state index in [0.717, 1.165) is 45.9 Å². The van der Waals surface area contributed by atoms with Gasteiger partial charge in [0.1, 0.15) is 0 Å². The second kappa shape index (κ2) is 5.62. The maximum absolute atomic E-state index is 5.73. The minimum atomic E-state index is 0.296. The van der Waals surface area contributed by atoms with E-state index in [0.29, 0.717) is 10.9 Å². The van der Waals surface area contributed by atoms with Gasteiger partial charge in [-0.05, 0) is 26.7 Å². The molecule has 2 saturated heterocycles. The van der Waals surface area contributed by atoms with Crippen LogP contribution in [0.3, 0.4) is 0 Å². The summed E-state index contributed by atoms with van der Waals surface area (Å²) in [5.41, 5.74) is 0. The first-order valence-electron chi connectivity index (χ1n) is 7.45. The number of hydrogen-bond acceptors (Lipinski definition) is 5. The summed E-state index contributed by atoms with van der Waals surface area (Å²) >= 11 is 1.94. The molecule has 0 radical (unpaired) electrons. The third-order valence-corrected chi connectivity index (χ3v) is 5.34. The highest BCUT2D eigenvalue weighted by molar-refractivity contribution is 8.15. The van der Waals surface area contributed by atoms with Crippen molar-refractivity contribution in [1.82, 2.24) is 9.80 Å². The normalized spacial score (nSPS) is 31.8. The first-order valence-corrected chi connectivity index (χ1v) is 8.26. The van der Waals surface area contributed by atoms with Crippen LogP contribution in [0.2, 0.25) is 0 Å². The highest BCUT2D eigenvalue weighted by Gasteiger charge is 2.32. The molecule has 0 aromatic carbocycles. The number of ether oxygens (including phenoxy) is 1. The molecule has 3 heterocycles. The Balaban J connectivity index is 1.44. The van der Waals surface area contributed by atoms with Crippen molar-refractivity contribution in [3.63, 3.8) is 0 Å². The van der Waals surface area contributed by atoms with Gasteiger partial charge in [-0.15, -0.1) is 0 Å². The number of nitrogens with zero attached hydrogens (tertiary/aromatic N) is 3. The lowest BCUT2D eigenvalue weighted by molar-refractivity contribution is 0.0607. The van der Waals surface area contributed by atoms with Gasteiger partial charge in [-0.3, -0.25) is 9.89 Å². The summed E-state index contributed by atoms with van der Waals surface area (Å²) in [5, 5.41) is 1.27. The summed E-state index contributed by atoms with van der Waals surface area (Å²) in [6, 6.07) is 0. The number of amidine groups is 1. The minimum absolute atomic E-state index is 0.296. The summed E-state index contributed by atoms with van der Waals surface area (Å²) < 4.78 is 6.02. The Bertz CT molecular complexity index is 345. The predicted molar refractivity (Wildman–Crippen MR) is 81.0 cm³/mol. The number of aliphatic imine (C=N–C) groups is 1. The number of hydrogen-bond donors (Lipinski definition) is 0. The Morgan fingerprint density at radius 1 is 1.32 bits per heavy atom. The highest BCUT2D eigenvalue weighted by atomic mass is 32.2. The van der Waals surface area contributed by atoms with Gasteiger partial charge in [0.25, 0.3) is 0 Å². The molecule has 19 heavy (non-hydrogen) atoms. The Kier molecular flexibility index (Phi) is 4.06. The van der Waals surface area contributed by atoms with Gasteiger partial charge in [0.05, 0.1) is 12.6 Å². The van der Waals surface area contributed by atoms with Crippen LogP contribution in [0.4, 0.5) is 0 Å². The standard InChI is InChI=1S/C14H25N3OS/c1-14(2)11-15-13(19-14)17-7-5-16(6-8-17)10-12-4-3-9-18-12/h12H,3-11H2,1-2H3. The van der Waals surface area contributed by atoms with E-state index in [-0.39, 0.29) is 0 Å². The maximum Gasteiger partial charge on any atom is 0.159 e. The summed E-state index contributed by atoms with van der Waals surface area (Å²) in [7, 11) is 0. The molecule has 0 N–H and O–H groups in total. The Morgan fingerprint density at radius 3 is 2.68 bits per heavy atom. The molecule has 5 heteroatoms. The molecule has 1 atom stereocenters. The zero-order chi connectivity index (χ0) is 13.3. The summed E-state index contributed by atoms with van der Waals surface area (Å²) in [6.07, 6.45) is 2.98. The van der Waals surface area contributed by atoms with Gasteiger partial charge in [0.15, 0.2) is 5.17 Å². The Morgan fingerprint density at radius 2 is 2.11 bits per heavy atom. The van der Waals surface area contributed by atoms with Crippen LogP contribution in [-0.4, -0.2) is 71.7 Å². The van der Waals surface area contributed by atoms with E-state index < -0.39 is 0 Å². The third-order valence-electron chi connectivity index (χ3n) is 4.09. The van der Waals surface area contributed by atoms with E-state index in [1.165, 1.54) is 18.0 Å². The van der Waals surface area contributed by atoms with Crippen LogP contribution < -0.4 is 0 Å². The molecule has 0 aromatic rings. The van der Waals surface area contributed by atoms with E-state index in [4.69, 9.17) is 9.73 Å². The molecular formula is C14H25N3OS. The first-order chi connectivity index (χ1) is 9.12. The van der Waals surface area contributed by atoms with Crippen LogP contribution >= 0.6 is 11.8 Å². The lowest BCUT2D eigenvalue weighted by Gasteiger charge is -2.36. The van der Waals surface area contributed by atoms with Gasteiger partial charge < -0.3 is 9.64 Å². The number of thioether (sulfide) groups is 1. The van der Waals surface area contributed by atoms with Crippen molar-refractivity contribution in [2.45, 2.75) is 37.5 Å². The highest BCUT2D eigenvalue weighted by Crippen LogP contribution is 2.33. The summed E-state index contributed by atoms with van der Waals surface area (Å²) in [4.78, 5) is 9.72. The van der Waals surface area contributed by atoms with Crippen molar-refractivity contribution in [1.29, 1.82) is 0 Å². The van der Waals surface area contributed by atoms with E-state index in [1.54, 1.807) is 0 Å². The van der Waals surface area contributed by atoms with Gasteiger partial charge >= 0.3 is 0 Å². The molecule has 0 amide bonds. The molecule has 0 saturated carbocycles. The zero-order valence-corrected chi connectivity index (χ0v) is 12.9. The molecule has 0 aliphatic carbocycles. The molecule has 0 spiro atoms. The van der Waals surface area contributed by atoms with Gasteiger partial charge in [-0.2, -0.15) is 0 Å². The topological polar surface area (TPSA) is 28.1 Å². The van der Waals surface area contributed by atoms with Crippen LogP contribution in [0.25, 0.3) is 0 Å². The number of piperazine rings is 1. The Labute approximate surface area is 120 Å². The van der Waals surface area contributed by atoms with E-state index >= 15 is 0 Å². The van der Waals surface area contributed by atoms with E-state index in [2.05, 4.69) is 23.6 Å². The maximum atomic E-state index is 5.73. The third kappa shape index (κ3) is 3.44. The van der Waals surface area contributed by atoms with Crippen LogP contribution in [0.15, 0.2) is 4.99 Å². The lowest BCUT2D eigenvalue weighted by Crippen LogP contribution is -2.49. The molecule has 2 fully saturated rings. The van der Waals surface area contributed by atoms with Crippen LogP contribution in [0.1, 0.15) is 26.7 Å². The molecule has 3 aliphatic heterocycles. The molecule has 1 unspecified atom stereocenters. The smallest absolute Gasteiger partial charge is 0.159 e. The van der Waals surface area contributed by atoms with Crippen molar-refractivity contribution in [2.75, 3.05) is 45.9 Å². The van der Waals surface area contributed by atoms with Crippen molar-refractivity contribution in [2.24, 2.45) is 4.99 Å². The quantitative estimate of drug-likeness (QED) is 0.770. The summed E-state index contributed by atoms with van der Waals surface area (Å²) in [6.45, 7) is 12.2. The van der Waals surface area contributed by atoms with Gasteiger partial charge in [-0.25, -0.2) is 0 Å². The van der Waals surface area contributed by atoms with Gasteiger partial charge in [0.2, 0.25) is 0 Å². The van der Waals surface area contributed by atoms with Crippen molar-refractivity contribution < 1.29 is 4.74 Å². The molecule has 4 nitrogen and oxygen atoms in total. The average Bonchev–Trinajstić information content (AvgIpc) is 3.00. The van der Waals surface area contributed by atoms with Crippen LogP contribution in [-0.2, 0) is 4.74 Å². The molecule has 3 rings (SSSR count). The van der Waals surface area contributed by atoms with Crippen molar-refractivity contribution >= 4 is 16.9 Å². The minimum Gasteiger partial charge on any atom is -0.377 e. The lowest BCUT2D eigenvalue weighted by atomic mass is 10.2. The Hall–Kier alpha value is -0.260. The number of rotatable bonds is 2. The van der Waals surface area contributed by atoms with Crippen molar-refractivity contribution in [3.8, 4) is 0 Å². The van der Waals surface area contributed by atoms with Crippen LogP contribution in [0, 0.1) is 0 Å². The monoisotopic (exact) mass is 283 g/mol. The molecule has 3 aliphatic rings. The SMILES string of the molecule is CC1(C)CN=C(N2CCN(CC3CCCO3)CC2)S1.